The smallest absolute Gasteiger partial charge is 0.342 e. The second-order valence-electron chi connectivity index (χ2n) is 6.34. The van der Waals surface area contributed by atoms with Crippen LogP contribution in [0, 0.1) is 0 Å². The Kier molecular flexibility index (Phi) is 6.41. The van der Waals surface area contributed by atoms with Crippen molar-refractivity contribution in [2.45, 2.75) is 4.90 Å². The number of halogens is 1. The molecule has 0 spiro atoms. The SMILES string of the molecule is O=C(OCC(=O)N1CCN(S(=O)(=O)c2ccccc2)CC1)c1cc(Cl)ccc1O. The highest BCUT2D eigenvalue weighted by Gasteiger charge is 2.30. The quantitative estimate of drug-likeness (QED) is 0.713. The molecule has 0 aromatic heterocycles. The van der Waals surface area contributed by atoms with Crippen molar-refractivity contribution >= 4 is 33.5 Å². The van der Waals surface area contributed by atoms with Gasteiger partial charge in [0.25, 0.3) is 5.91 Å². The number of hydrogen-bond acceptors (Lipinski definition) is 6. The maximum atomic E-state index is 12.6. The number of phenols is 1. The van der Waals surface area contributed by atoms with E-state index in [0.717, 1.165) is 0 Å². The fourth-order valence-corrected chi connectivity index (χ4v) is 4.50. The molecule has 1 amide bonds. The third-order valence-corrected chi connectivity index (χ3v) is 6.63. The maximum Gasteiger partial charge on any atom is 0.342 e. The fraction of sp³-hybridized carbons (Fsp3) is 0.263. The minimum absolute atomic E-state index is 0.135. The molecule has 0 saturated carbocycles. The molecule has 1 saturated heterocycles. The fourth-order valence-electron chi connectivity index (χ4n) is 2.89. The Morgan fingerprint density at radius 2 is 1.69 bits per heavy atom. The Labute approximate surface area is 173 Å². The van der Waals surface area contributed by atoms with Crippen LogP contribution < -0.4 is 0 Å². The van der Waals surface area contributed by atoms with Gasteiger partial charge in [-0.15, -0.1) is 0 Å². The third kappa shape index (κ3) is 4.87. The van der Waals surface area contributed by atoms with Gasteiger partial charge in [-0.25, -0.2) is 13.2 Å². The molecule has 1 heterocycles. The van der Waals surface area contributed by atoms with Gasteiger partial charge in [-0.3, -0.25) is 4.79 Å². The predicted molar refractivity (Wildman–Crippen MR) is 105 cm³/mol. The first-order valence-electron chi connectivity index (χ1n) is 8.77. The van der Waals surface area contributed by atoms with E-state index >= 15 is 0 Å². The first-order chi connectivity index (χ1) is 13.8. The molecule has 0 aliphatic carbocycles. The lowest BCUT2D eigenvalue weighted by Crippen LogP contribution is -2.51. The molecule has 0 unspecified atom stereocenters. The Balaban J connectivity index is 1.54. The molecule has 29 heavy (non-hydrogen) atoms. The molecule has 1 aliphatic rings. The molecule has 1 fully saturated rings. The molecular weight excluding hydrogens is 420 g/mol. The lowest BCUT2D eigenvalue weighted by molar-refractivity contribution is -0.135. The number of rotatable bonds is 5. The van der Waals surface area contributed by atoms with Gasteiger partial charge < -0.3 is 14.7 Å². The molecule has 154 valence electrons. The number of ether oxygens (including phenoxy) is 1. The van der Waals surface area contributed by atoms with Crippen molar-refractivity contribution in [3.8, 4) is 5.75 Å². The van der Waals surface area contributed by atoms with E-state index in [0.29, 0.717) is 0 Å². The highest BCUT2D eigenvalue weighted by atomic mass is 35.5. The average Bonchev–Trinajstić information content (AvgIpc) is 2.74. The predicted octanol–water partition coefficient (Wildman–Crippen LogP) is 1.74. The number of carbonyl (C=O) groups is 2. The van der Waals surface area contributed by atoms with Gasteiger partial charge in [0.15, 0.2) is 6.61 Å². The summed E-state index contributed by atoms with van der Waals surface area (Å²) in [4.78, 5) is 26.0. The van der Waals surface area contributed by atoms with Gasteiger partial charge in [0.2, 0.25) is 10.0 Å². The topological polar surface area (TPSA) is 104 Å². The number of aromatic hydroxyl groups is 1. The van der Waals surface area contributed by atoms with Crippen molar-refractivity contribution in [2.75, 3.05) is 32.8 Å². The molecule has 0 radical (unpaired) electrons. The number of nitrogens with zero attached hydrogens (tertiary/aromatic N) is 2. The van der Waals surface area contributed by atoms with Crippen LogP contribution in [0.15, 0.2) is 53.4 Å². The number of esters is 1. The normalized spacial score (nSPS) is 15.1. The van der Waals surface area contributed by atoms with Crippen LogP contribution in [0.4, 0.5) is 0 Å². The van der Waals surface area contributed by atoms with Crippen LogP contribution in [0.2, 0.25) is 5.02 Å². The van der Waals surface area contributed by atoms with Crippen molar-refractivity contribution in [1.82, 2.24) is 9.21 Å². The number of piperazine rings is 1. The summed E-state index contributed by atoms with van der Waals surface area (Å²) in [5.41, 5.74) is -0.135. The van der Waals surface area contributed by atoms with Crippen molar-refractivity contribution < 1.29 is 27.9 Å². The third-order valence-electron chi connectivity index (χ3n) is 4.48. The lowest BCUT2D eigenvalue weighted by atomic mass is 10.2. The monoisotopic (exact) mass is 438 g/mol. The maximum absolute atomic E-state index is 12.6. The molecule has 1 aliphatic heterocycles. The molecule has 2 aromatic carbocycles. The number of hydrogen-bond donors (Lipinski definition) is 1. The summed E-state index contributed by atoms with van der Waals surface area (Å²) >= 11 is 5.79. The van der Waals surface area contributed by atoms with E-state index < -0.39 is 28.5 Å². The Bertz CT molecular complexity index is 1000. The molecule has 0 bridgehead atoms. The summed E-state index contributed by atoms with van der Waals surface area (Å²) < 4.78 is 31.5. The molecule has 1 N–H and O–H groups in total. The lowest BCUT2D eigenvalue weighted by Gasteiger charge is -2.33. The zero-order valence-electron chi connectivity index (χ0n) is 15.3. The van der Waals surface area contributed by atoms with Crippen LogP contribution >= 0.6 is 11.6 Å². The van der Waals surface area contributed by atoms with E-state index in [1.165, 1.54) is 39.5 Å². The van der Waals surface area contributed by atoms with Crippen LogP contribution in [0.5, 0.6) is 5.75 Å². The summed E-state index contributed by atoms with van der Waals surface area (Å²) in [6, 6.07) is 12.0. The molecule has 10 heteroatoms. The van der Waals surface area contributed by atoms with E-state index in [2.05, 4.69) is 0 Å². The van der Waals surface area contributed by atoms with E-state index in [1.54, 1.807) is 18.2 Å². The second kappa shape index (κ2) is 8.81. The second-order valence-corrected chi connectivity index (χ2v) is 8.71. The van der Waals surface area contributed by atoms with Gasteiger partial charge in [-0.05, 0) is 30.3 Å². The Morgan fingerprint density at radius 1 is 1.03 bits per heavy atom. The van der Waals surface area contributed by atoms with Crippen LogP contribution in [0.25, 0.3) is 0 Å². The summed E-state index contributed by atoms with van der Waals surface area (Å²) in [5, 5.41) is 9.95. The zero-order valence-corrected chi connectivity index (χ0v) is 16.9. The van der Waals surface area contributed by atoms with Gasteiger partial charge in [0.05, 0.1) is 4.90 Å². The van der Waals surface area contributed by atoms with Crippen molar-refractivity contribution in [2.24, 2.45) is 0 Å². The van der Waals surface area contributed by atoms with Gasteiger partial charge in [0.1, 0.15) is 11.3 Å². The van der Waals surface area contributed by atoms with Gasteiger partial charge in [-0.1, -0.05) is 29.8 Å². The van der Waals surface area contributed by atoms with Crippen molar-refractivity contribution in [3.05, 3.63) is 59.1 Å². The number of carbonyl (C=O) groups excluding carboxylic acids is 2. The van der Waals surface area contributed by atoms with Crippen molar-refractivity contribution in [1.29, 1.82) is 0 Å². The first kappa shape index (κ1) is 21.1. The van der Waals surface area contributed by atoms with Crippen LogP contribution in [-0.4, -0.2) is 67.4 Å². The van der Waals surface area contributed by atoms with Crippen LogP contribution in [0.3, 0.4) is 0 Å². The molecular formula is C19H19ClN2O6S. The minimum Gasteiger partial charge on any atom is -0.507 e. The zero-order chi connectivity index (χ0) is 21.0. The number of amides is 1. The van der Waals surface area contributed by atoms with E-state index in [4.69, 9.17) is 16.3 Å². The van der Waals surface area contributed by atoms with E-state index in [-0.39, 0.29) is 47.4 Å². The average molecular weight is 439 g/mol. The number of sulfonamides is 1. The van der Waals surface area contributed by atoms with Crippen molar-refractivity contribution in [3.63, 3.8) is 0 Å². The van der Waals surface area contributed by atoms with Gasteiger partial charge in [0, 0.05) is 31.2 Å². The highest BCUT2D eigenvalue weighted by molar-refractivity contribution is 7.89. The Morgan fingerprint density at radius 3 is 2.34 bits per heavy atom. The molecule has 8 nitrogen and oxygen atoms in total. The largest absolute Gasteiger partial charge is 0.507 e. The van der Waals surface area contributed by atoms with Gasteiger partial charge in [-0.2, -0.15) is 4.31 Å². The summed E-state index contributed by atoms with van der Waals surface area (Å²) in [6.45, 7) is 0.143. The Hall–Kier alpha value is -2.62. The van der Waals surface area contributed by atoms with Gasteiger partial charge >= 0.3 is 5.97 Å². The molecule has 3 rings (SSSR count). The van der Waals surface area contributed by atoms with E-state index in [1.807, 2.05) is 0 Å². The van der Waals surface area contributed by atoms with Crippen LogP contribution in [0.1, 0.15) is 10.4 Å². The first-order valence-corrected chi connectivity index (χ1v) is 10.6. The van der Waals surface area contributed by atoms with Crippen LogP contribution in [-0.2, 0) is 19.6 Å². The summed E-state index contributed by atoms with van der Waals surface area (Å²) in [5.74, 6) is -1.62. The number of benzene rings is 2. The number of phenolic OH excluding ortho intramolecular Hbond substituents is 1. The van der Waals surface area contributed by atoms with E-state index in [9.17, 15) is 23.1 Å². The molecule has 2 aromatic rings. The summed E-state index contributed by atoms with van der Waals surface area (Å²) in [6.07, 6.45) is 0. The standard InChI is InChI=1S/C19H19ClN2O6S/c20-14-6-7-17(23)16(12-14)19(25)28-13-18(24)21-8-10-22(11-9-21)29(26,27)15-4-2-1-3-5-15/h1-7,12,23H,8-11,13H2. The highest BCUT2D eigenvalue weighted by Crippen LogP contribution is 2.22. The minimum atomic E-state index is -3.61. The molecule has 0 atom stereocenters. The summed E-state index contributed by atoms with van der Waals surface area (Å²) in [7, 11) is -3.61.